The zero-order valence-corrected chi connectivity index (χ0v) is 18.6. The van der Waals surface area contributed by atoms with Crippen LogP contribution >= 0.6 is 0 Å². The molecule has 0 heterocycles. The van der Waals surface area contributed by atoms with Gasteiger partial charge in [-0.25, -0.2) is 8.42 Å². The van der Waals surface area contributed by atoms with Gasteiger partial charge in [0.05, 0.1) is 34.1 Å². The lowest BCUT2D eigenvalue weighted by Crippen LogP contribution is -2.46. The van der Waals surface area contributed by atoms with E-state index in [4.69, 9.17) is 11.0 Å². The molecule has 2 aromatic carbocycles. The van der Waals surface area contributed by atoms with E-state index in [9.17, 15) is 31.2 Å². The van der Waals surface area contributed by atoms with Crippen molar-refractivity contribution in [2.75, 3.05) is 5.75 Å². The molecule has 0 saturated carbocycles. The van der Waals surface area contributed by atoms with Crippen molar-refractivity contribution in [1.82, 2.24) is 5.32 Å². The van der Waals surface area contributed by atoms with Crippen LogP contribution in [-0.4, -0.2) is 32.0 Å². The van der Waals surface area contributed by atoms with E-state index in [2.05, 4.69) is 5.32 Å². The predicted molar refractivity (Wildman–Crippen MR) is 114 cm³/mol. The van der Waals surface area contributed by atoms with Crippen LogP contribution in [0, 0.1) is 16.7 Å². The SMILES string of the molecule is CC(C)(CS(=O)(=O)c1ccc(-c2ccccc2C(F)(F)F)cc1)C(=O)N[C@H](C#N)CC(N)=O. The minimum atomic E-state index is -4.57. The van der Waals surface area contributed by atoms with Crippen LogP contribution in [0.5, 0.6) is 0 Å². The molecule has 0 aliphatic heterocycles. The molecule has 3 N–H and O–H groups in total. The molecule has 0 unspecified atom stereocenters. The number of carbonyl (C=O) groups is 2. The second kappa shape index (κ2) is 9.62. The number of nitrogens with two attached hydrogens (primary N) is 1. The van der Waals surface area contributed by atoms with E-state index in [1.807, 2.05) is 0 Å². The maximum Gasteiger partial charge on any atom is 0.417 e. The van der Waals surface area contributed by atoms with Gasteiger partial charge in [0.25, 0.3) is 0 Å². The van der Waals surface area contributed by atoms with Gasteiger partial charge in [-0.15, -0.1) is 0 Å². The summed E-state index contributed by atoms with van der Waals surface area (Å²) in [6.45, 7) is 2.71. The van der Waals surface area contributed by atoms with Crippen molar-refractivity contribution in [3.8, 4) is 17.2 Å². The number of carbonyl (C=O) groups excluding carboxylic acids is 2. The van der Waals surface area contributed by atoms with Crippen molar-refractivity contribution in [2.45, 2.75) is 37.4 Å². The summed E-state index contributed by atoms with van der Waals surface area (Å²) >= 11 is 0. The molecule has 0 saturated heterocycles. The normalized spacial score (nSPS) is 13.1. The van der Waals surface area contributed by atoms with Crippen LogP contribution in [0.25, 0.3) is 11.1 Å². The van der Waals surface area contributed by atoms with Crippen LogP contribution in [-0.2, 0) is 25.6 Å². The van der Waals surface area contributed by atoms with Crippen molar-refractivity contribution in [2.24, 2.45) is 11.1 Å². The highest BCUT2D eigenvalue weighted by Gasteiger charge is 2.36. The van der Waals surface area contributed by atoms with Gasteiger partial charge in [0.2, 0.25) is 11.8 Å². The van der Waals surface area contributed by atoms with Crippen LogP contribution in [0.2, 0.25) is 0 Å². The third-order valence-corrected chi connectivity index (χ3v) is 6.88. The molecule has 0 radical (unpaired) electrons. The van der Waals surface area contributed by atoms with E-state index < -0.39 is 57.0 Å². The topological polar surface area (TPSA) is 130 Å². The summed E-state index contributed by atoms with van der Waals surface area (Å²) in [5.41, 5.74) is 2.78. The van der Waals surface area contributed by atoms with Crippen molar-refractivity contribution < 1.29 is 31.2 Å². The van der Waals surface area contributed by atoms with Crippen LogP contribution in [0.15, 0.2) is 53.4 Å². The monoisotopic (exact) mass is 481 g/mol. The third-order valence-electron chi connectivity index (χ3n) is 4.79. The summed E-state index contributed by atoms with van der Waals surface area (Å²) in [6, 6.07) is 10.3. The number of amides is 2. The molecular formula is C22H22F3N3O4S. The molecule has 0 fully saturated rings. The van der Waals surface area contributed by atoms with Crippen molar-refractivity contribution in [3.05, 3.63) is 54.1 Å². The fourth-order valence-corrected chi connectivity index (χ4v) is 4.93. The van der Waals surface area contributed by atoms with Crippen molar-refractivity contribution >= 4 is 21.7 Å². The molecule has 7 nitrogen and oxygen atoms in total. The molecule has 176 valence electrons. The Kier molecular flexibility index (Phi) is 7.54. The number of alkyl halides is 3. The van der Waals surface area contributed by atoms with Crippen LogP contribution in [0.4, 0.5) is 13.2 Å². The Bertz CT molecular complexity index is 1180. The third kappa shape index (κ3) is 6.55. The highest BCUT2D eigenvalue weighted by atomic mass is 32.2. The number of hydrogen-bond donors (Lipinski definition) is 2. The average molecular weight is 481 g/mol. The number of nitrogens with zero attached hydrogens (tertiary/aromatic N) is 1. The zero-order valence-electron chi connectivity index (χ0n) is 17.8. The fourth-order valence-electron chi connectivity index (χ4n) is 3.13. The molecule has 33 heavy (non-hydrogen) atoms. The molecule has 2 amide bonds. The van der Waals surface area contributed by atoms with Crippen molar-refractivity contribution in [3.63, 3.8) is 0 Å². The van der Waals surface area contributed by atoms with Crippen LogP contribution in [0.3, 0.4) is 0 Å². The van der Waals surface area contributed by atoms with Gasteiger partial charge in [-0.3, -0.25) is 9.59 Å². The Morgan fingerprint density at radius 2 is 1.67 bits per heavy atom. The molecule has 0 aromatic heterocycles. The summed E-state index contributed by atoms with van der Waals surface area (Å²) in [6.07, 6.45) is -5.00. The molecule has 0 aliphatic carbocycles. The average Bonchev–Trinajstić information content (AvgIpc) is 2.71. The van der Waals surface area contributed by atoms with Gasteiger partial charge in [0.1, 0.15) is 6.04 Å². The van der Waals surface area contributed by atoms with Crippen molar-refractivity contribution in [1.29, 1.82) is 5.26 Å². The molecule has 2 rings (SSSR count). The molecule has 0 spiro atoms. The van der Waals surface area contributed by atoms with Gasteiger partial charge in [-0.05, 0) is 29.3 Å². The number of nitriles is 1. The highest BCUT2D eigenvalue weighted by Crippen LogP contribution is 2.37. The Labute approximate surface area is 189 Å². The number of nitrogens with one attached hydrogen (secondary N) is 1. The Morgan fingerprint density at radius 3 is 2.18 bits per heavy atom. The summed E-state index contributed by atoms with van der Waals surface area (Å²) in [7, 11) is -4.02. The van der Waals surface area contributed by atoms with Gasteiger partial charge < -0.3 is 11.1 Å². The molecule has 0 aliphatic rings. The Hall–Kier alpha value is -3.39. The maximum absolute atomic E-state index is 13.3. The van der Waals surface area contributed by atoms with E-state index in [0.29, 0.717) is 0 Å². The van der Waals surface area contributed by atoms with E-state index in [1.165, 1.54) is 56.3 Å². The lowest BCUT2D eigenvalue weighted by Gasteiger charge is -2.24. The number of primary amides is 1. The first-order valence-electron chi connectivity index (χ1n) is 9.66. The first-order valence-corrected chi connectivity index (χ1v) is 11.3. The molecular weight excluding hydrogens is 459 g/mol. The fraction of sp³-hybridized carbons (Fsp3) is 0.318. The number of halogens is 3. The van der Waals surface area contributed by atoms with E-state index in [-0.39, 0.29) is 16.0 Å². The predicted octanol–water partition coefficient (Wildman–Crippen LogP) is 3.06. The maximum atomic E-state index is 13.3. The number of sulfone groups is 1. The van der Waals surface area contributed by atoms with Gasteiger partial charge in [-0.2, -0.15) is 18.4 Å². The second-order valence-corrected chi connectivity index (χ2v) is 10.0. The molecule has 2 aromatic rings. The minimum absolute atomic E-state index is 0.0920. The molecule has 1 atom stereocenters. The van der Waals surface area contributed by atoms with E-state index in [1.54, 1.807) is 6.07 Å². The lowest BCUT2D eigenvalue weighted by atomic mass is 9.94. The first kappa shape index (κ1) is 25.9. The minimum Gasteiger partial charge on any atom is -0.370 e. The lowest BCUT2D eigenvalue weighted by molar-refractivity contribution is -0.137. The van der Waals surface area contributed by atoms with Crippen LogP contribution < -0.4 is 11.1 Å². The summed E-state index contributed by atoms with van der Waals surface area (Å²) in [5, 5.41) is 11.3. The molecule has 0 bridgehead atoms. The molecule has 11 heteroatoms. The van der Waals surface area contributed by atoms with E-state index in [0.717, 1.165) is 6.07 Å². The standard InChI is InChI=1S/C22H22F3N3O4S/c1-21(2,20(30)28-15(12-26)11-19(27)29)13-33(31,32)16-9-7-14(8-10-16)17-5-3-4-6-18(17)22(23,24)25/h3-10,15H,11,13H2,1-2H3,(H2,27,29)(H,28,30)/t15-/m0/s1. The number of hydrogen-bond acceptors (Lipinski definition) is 5. The smallest absolute Gasteiger partial charge is 0.370 e. The van der Waals surface area contributed by atoms with Crippen LogP contribution in [0.1, 0.15) is 25.8 Å². The van der Waals surface area contributed by atoms with Gasteiger partial charge in [0, 0.05) is 0 Å². The van der Waals surface area contributed by atoms with Gasteiger partial charge in [0.15, 0.2) is 9.84 Å². The zero-order chi connectivity index (χ0) is 25.0. The summed E-state index contributed by atoms with van der Waals surface area (Å²) in [5.74, 6) is -2.21. The second-order valence-electron chi connectivity index (χ2n) is 8.04. The van der Waals surface area contributed by atoms with E-state index >= 15 is 0 Å². The number of benzene rings is 2. The highest BCUT2D eigenvalue weighted by molar-refractivity contribution is 7.91. The first-order chi connectivity index (χ1) is 15.2. The largest absolute Gasteiger partial charge is 0.417 e. The Morgan fingerprint density at radius 1 is 1.09 bits per heavy atom. The quantitative estimate of drug-likeness (QED) is 0.599. The summed E-state index contributed by atoms with van der Waals surface area (Å²) in [4.78, 5) is 23.3. The summed E-state index contributed by atoms with van der Waals surface area (Å²) < 4.78 is 65.5. The Balaban J connectivity index is 2.25. The number of rotatable bonds is 8. The van der Waals surface area contributed by atoms with Gasteiger partial charge in [-0.1, -0.05) is 44.2 Å². The van der Waals surface area contributed by atoms with Gasteiger partial charge >= 0.3 is 6.18 Å².